The molecule has 12 nitrogen and oxygen atoms in total. The molecule has 38 heavy (non-hydrogen) atoms. The minimum atomic E-state index is -0.400. The summed E-state index contributed by atoms with van der Waals surface area (Å²) >= 11 is 0. The molecule has 0 bridgehead atoms. The normalized spacial score (nSPS) is 11.2. The number of hydrogen-bond acceptors (Lipinski definition) is 10. The Labute approximate surface area is 221 Å². The number of aryl methyl sites for hydroxylation is 1. The third-order valence-electron chi connectivity index (χ3n) is 6.03. The van der Waals surface area contributed by atoms with Crippen LogP contribution in [0, 0.1) is 10.1 Å². The first kappa shape index (κ1) is 26.8. The number of nitrogens with zero attached hydrogens (tertiary/aromatic N) is 7. The summed E-state index contributed by atoms with van der Waals surface area (Å²) in [4.78, 5) is 29.2. The van der Waals surface area contributed by atoms with Crippen LogP contribution in [0.4, 0.5) is 23.0 Å². The molecule has 1 N–H and O–H groups in total. The molecule has 2 aromatic carbocycles. The van der Waals surface area contributed by atoms with E-state index in [0.29, 0.717) is 41.8 Å². The molecular formula is C26H32N8O4. The molecule has 0 atom stereocenters. The van der Waals surface area contributed by atoms with E-state index in [-0.39, 0.29) is 18.2 Å². The van der Waals surface area contributed by atoms with Crippen molar-refractivity contribution in [2.24, 2.45) is 7.05 Å². The summed E-state index contributed by atoms with van der Waals surface area (Å²) in [6.45, 7) is 1.96. The van der Waals surface area contributed by atoms with Crippen LogP contribution in [0.25, 0.3) is 22.6 Å². The lowest BCUT2D eigenvalue weighted by atomic mass is 10.2. The highest BCUT2D eigenvalue weighted by atomic mass is 16.6. The van der Waals surface area contributed by atoms with Crippen LogP contribution in [0.15, 0.2) is 48.7 Å². The van der Waals surface area contributed by atoms with Gasteiger partial charge in [0.15, 0.2) is 5.82 Å². The Morgan fingerprint density at radius 3 is 2.58 bits per heavy atom. The monoisotopic (exact) mass is 520 g/mol. The van der Waals surface area contributed by atoms with E-state index in [9.17, 15) is 10.1 Å². The second-order valence-corrected chi connectivity index (χ2v) is 9.03. The van der Waals surface area contributed by atoms with Gasteiger partial charge in [0, 0.05) is 52.6 Å². The van der Waals surface area contributed by atoms with Gasteiger partial charge in [-0.05, 0) is 32.3 Å². The molecule has 0 saturated heterocycles. The molecule has 0 aliphatic rings. The summed E-state index contributed by atoms with van der Waals surface area (Å²) in [5.41, 5.74) is 3.21. The van der Waals surface area contributed by atoms with Gasteiger partial charge >= 0.3 is 0 Å². The van der Waals surface area contributed by atoms with Gasteiger partial charge in [0.2, 0.25) is 5.95 Å². The molecule has 4 aromatic rings. The lowest BCUT2D eigenvalue weighted by Gasteiger charge is -2.23. The summed E-state index contributed by atoms with van der Waals surface area (Å²) in [6, 6.07) is 12.7. The maximum Gasteiger partial charge on any atom is 0.294 e. The third kappa shape index (κ3) is 5.98. The largest absolute Gasteiger partial charge is 0.489 e. The lowest BCUT2D eigenvalue weighted by Crippen LogP contribution is -2.29. The minimum Gasteiger partial charge on any atom is -0.489 e. The highest BCUT2D eigenvalue weighted by Gasteiger charge is 2.23. The molecular weight excluding hydrogens is 488 g/mol. The minimum absolute atomic E-state index is 0.0562. The molecule has 0 fully saturated rings. The summed E-state index contributed by atoms with van der Waals surface area (Å²) in [7, 11) is 9.24. The van der Waals surface area contributed by atoms with Crippen molar-refractivity contribution < 1.29 is 14.4 Å². The molecule has 0 aliphatic heterocycles. The Balaban J connectivity index is 1.71. The smallest absolute Gasteiger partial charge is 0.294 e. The van der Waals surface area contributed by atoms with Gasteiger partial charge in [0.05, 0.1) is 28.3 Å². The van der Waals surface area contributed by atoms with Crippen LogP contribution < -0.4 is 15.0 Å². The predicted molar refractivity (Wildman–Crippen MR) is 147 cm³/mol. The lowest BCUT2D eigenvalue weighted by molar-refractivity contribution is -0.384. The third-order valence-corrected chi connectivity index (χ3v) is 6.03. The van der Waals surface area contributed by atoms with E-state index in [1.807, 2.05) is 66.8 Å². The number of hydrogen-bond donors (Lipinski definition) is 1. The van der Waals surface area contributed by atoms with Crippen molar-refractivity contribution in [1.82, 2.24) is 24.4 Å². The summed E-state index contributed by atoms with van der Waals surface area (Å²) in [5.74, 6) is 1.36. The first-order chi connectivity index (χ1) is 18.3. The number of fused-ring (bicyclic) bond motifs is 1. The molecule has 0 spiro atoms. The quantitative estimate of drug-likeness (QED) is 0.168. The summed E-state index contributed by atoms with van der Waals surface area (Å²) < 4.78 is 13.0. The van der Waals surface area contributed by atoms with Gasteiger partial charge in [-0.2, -0.15) is 0 Å². The number of ether oxygens (including phenoxy) is 2. The first-order valence-corrected chi connectivity index (χ1v) is 12.1. The van der Waals surface area contributed by atoms with Gasteiger partial charge < -0.3 is 29.2 Å². The van der Waals surface area contributed by atoms with Crippen LogP contribution in [0.3, 0.4) is 0 Å². The number of methoxy groups -OCH3 is 1. The Morgan fingerprint density at radius 1 is 1.08 bits per heavy atom. The van der Waals surface area contributed by atoms with E-state index >= 15 is 0 Å². The molecule has 0 saturated carbocycles. The Kier molecular flexibility index (Phi) is 8.34. The van der Waals surface area contributed by atoms with Gasteiger partial charge in [-0.25, -0.2) is 15.0 Å². The van der Waals surface area contributed by atoms with Gasteiger partial charge in [0.1, 0.15) is 23.7 Å². The van der Waals surface area contributed by atoms with Gasteiger partial charge in [-0.3, -0.25) is 10.1 Å². The topological polar surface area (TPSA) is 124 Å². The fraction of sp³-hybridized carbons (Fsp3) is 0.346. The van der Waals surface area contributed by atoms with E-state index in [1.165, 1.54) is 6.07 Å². The van der Waals surface area contributed by atoms with E-state index < -0.39 is 4.92 Å². The maximum absolute atomic E-state index is 12.0. The highest BCUT2D eigenvalue weighted by molar-refractivity contribution is 5.80. The average Bonchev–Trinajstić information content (AvgIpc) is 3.24. The van der Waals surface area contributed by atoms with Crippen molar-refractivity contribution in [2.75, 3.05) is 64.8 Å². The molecule has 12 heteroatoms. The van der Waals surface area contributed by atoms with Gasteiger partial charge in [-0.1, -0.05) is 12.1 Å². The number of rotatable bonds is 12. The number of nitro benzene ring substituents is 1. The van der Waals surface area contributed by atoms with Gasteiger partial charge in [0.25, 0.3) is 5.69 Å². The number of para-hydroxylation sites is 2. The Bertz CT molecular complexity index is 1420. The molecule has 0 amide bonds. The second kappa shape index (κ2) is 11.8. The van der Waals surface area contributed by atoms with E-state index in [1.54, 1.807) is 25.4 Å². The predicted octanol–water partition coefficient (Wildman–Crippen LogP) is 3.71. The molecule has 2 heterocycles. The van der Waals surface area contributed by atoms with Crippen molar-refractivity contribution in [3.8, 4) is 17.3 Å². The molecule has 2 aromatic heterocycles. The maximum atomic E-state index is 12.0. The van der Waals surface area contributed by atoms with Crippen LogP contribution in [0.1, 0.15) is 0 Å². The van der Waals surface area contributed by atoms with E-state index in [2.05, 4.69) is 15.3 Å². The highest BCUT2D eigenvalue weighted by Crippen LogP contribution is 2.39. The molecule has 0 radical (unpaired) electrons. The van der Waals surface area contributed by atoms with Crippen molar-refractivity contribution in [3.05, 3.63) is 58.8 Å². The summed E-state index contributed by atoms with van der Waals surface area (Å²) in [6.07, 6.45) is 1.62. The van der Waals surface area contributed by atoms with Crippen molar-refractivity contribution in [2.45, 2.75) is 0 Å². The number of benzene rings is 2. The number of imidazole rings is 1. The Morgan fingerprint density at radius 2 is 1.87 bits per heavy atom. The number of nitro groups is 1. The van der Waals surface area contributed by atoms with E-state index in [0.717, 1.165) is 17.6 Å². The zero-order valence-electron chi connectivity index (χ0n) is 22.2. The Hall–Kier alpha value is -4.29. The molecule has 0 aliphatic carbocycles. The number of likely N-dealkylation sites (N-methyl/N-ethyl adjacent to an activating group) is 2. The zero-order chi connectivity index (χ0) is 27.2. The number of anilines is 3. The SMILES string of the molecule is COCCOc1cc(N(C)CCN(C)C)c([N+](=O)[O-])cc1Nc1nccc(-c2nc3ccccc3n2C)n1. The van der Waals surface area contributed by atoms with Crippen molar-refractivity contribution in [1.29, 1.82) is 0 Å². The van der Waals surface area contributed by atoms with Crippen LogP contribution in [-0.2, 0) is 11.8 Å². The van der Waals surface area contributed by atoms with Crippen LogP contribution in [0.5, 0.6) is 5.75 Å². The van der Waals surface area contributed by atoms with Crippen molar-refractivity contribution in [3.63, 3.8) is 0 Å². The average molecular weight is 521 g/mol. The van der Waals surface area contributed by atoms with E-state index in [4.69, 9.17) is 14.5 Å². The van der Waals surface area contributed by atoms with Gasteiger partial charge in [-0.15, -0.1) is 0 Å². The molecule has 4 rings (SSSR count). The number of nitrogens with one attached hydrogen (secondary N) is 1. The van der Waals surface area contributed by atoms with Crippen LogP contribution >= 0.6 is 0 Å². The summed E-state index contributed by atoms with van der Waals surface area (Å²) in [5, 5.41) is 15.2. The molecule has 0 unspecified atom stereocenters. The standard InChI is InChI=1S/C26H32N8O4/c1-31(2)12-13-32(3)22-17-24(38-15-14-37-5)20(16-23(22)34(35)36)30-26-27-11-10-19(29-26)25-28-18-8-6-7-9-21(18)33(25)4/h6-11,16-17H,12-15H2,1-5H3,(H,27,29,30). The van der Waals surface area contributed by atoms with Crippen molar-refractivity contribution >= 4 is 34.0 Å². The molecule has 200 valence electrons. The zero-order valence-corrected chi connectivity index (χ0v) is 22.2. The fourth-order valence-corrected chi connectivity index (χ4v) is 3.97. The second-order valence-electron chi connectivity index (χ2n) is 9.03. The van der Waals surface area contributed by atoms with Crippen LogP contribution in [0.2, 0.25) is 0 Å². The first-order valence-electron chi connectivity index (χ1n) is 12.1. The fourth-order valence-electron chi connectivity index (χ4n) is 3.97. The number of aromatic nitrogens is 4. The van der Waals surface area contributed by atoms with Crippen LogP contribution in [-0.4, -0.2) is 83.9 Å².